The number of thiophene rings is 1. The predicted molar refractivity (Wildman–Crippen MR) is 93.2 cm³/mol. The molecule has 1 nitrogen and oxygen atoms in total. The molecule has 0 amide bonds. The molecule has 1 N–H and O–H groups in total. The minimum atomic E-state index is 0.499. The first-order valence-corrected chi connectivity index (χ1v) is 9.74. The number of hydrogen-bond acceptors (Lipinski definition) is 2. The fourth-order valence-corrected chi connectivity index (χ4v) is 5.05. The predicted octanol–water partition coefficient (Wildman–Crippen LogP) is 5.56. The van der Waals surface area contributed by atoms with E-state index >= 15 is 0 Å². The molecule has 3 rings (SSSR count). The summed E-state index contributed by atoms with van der Waals surface area (Å²) in [5.41, 5.74) is 3.31. The lowest BCUT2D eigenvalue weighted by Gasteiger charge is -2.23. The molecule has 2 aliphatic carbocycles. The molecule has 1 aromatic rings. The Balaban J connectivity index is 1.81. The maximum Gasteiger partial charge on any atom is 0.0630 e. The largest absolute Gasteiger partial charge is 0.306 e. The van der Waals surface area contributed by atoms with Crippen LogP contribution in [0.1, 0.15) is 79.6 Å². The third-order valence-electron chi connectivity index (χ3n) is 4.85. The molecule has 2 heteroatoms. The van der Waals surface area contributed by atoms with Gasteiger partial charge in [0.25, 0.3) is 0 Å². The smallest absolute Gasteiger partial charge is 0.0630 e. The van der Waals surface area contributed by atoms with E-state index < -0.39 is 0 Å². The minimum absolute atomic E-state index is 0.499. The lowest BCUT2D eigenvalue weighted by atomic mass is 9.93. The van der Waals surface area contributed by atoms with Gasteiger partial charge in [0.2, 0.25) is 0 Å². The van der Waals surface area contributed by atoms with E-state index in [1.165, 1.54) is 64.2 Å². The highest BCUT2D eigenvalue weighted by Crippen LogP contribution is 2.38. The zero-order valence-electron chi connectivity index (χ0n) is 13.4. The van der Waals surface area contributed by atoms with Gasteiger partial charge in [-0.25, -0.2) is 0 Å². The summed E-state index contributed by atoms with van der Waals surface area (Å²) in [6.07, 6.45) is 15.9. The zero-order valence-corrected chi connectivity index (χ0v) is 14.2. The van der Waals surface area contributed by atoms with Crippen molar-refractivity contribution in [1.82, 2.24) is 5.32 Å². The van der Waals surface area contributed by atoms with Crippen LogP contribution in [0.4, 0.5) is 0 Å². The summed E-state index contributed by atoms with van der Waals surface area (Å²) >= 11 is 2.08. The zero-order chi connectivity index (χ0) is 14.5. The molecule has 0 saturated heterocycles. The Morgan fingerprint density at radius 1 is 1.10 bits per heavy atom. The molecule has 0 bridgehead atoms. The van der Waals surface area contributed by atoms with Gasteiger partial charge in [0.1, 0.15) is 0 Å². The molecule has 116 valence electrons. The Bertz CT molecular complexity index is 464. The highest BCUT2D eigenvalue weighted by Gasteiger charge is 2.22. The van der Waals surface area contributed by atoms with Crippen LogP contribution in [0, 0.1) is 0 Å². The Morgan fingerprint density at radius 2 is 2.00 bits per heavy atom. The molecule has 0 aliphatic heterocycles. The quantitative estimate of drug-likeness (QED) is 0.702. The molecule has 2 aliphatic rings. The van der Waals surface area contributed by atoms with Gasteiger partial charge in [-0.2, -0.15) is 0 Å². The molecule has 1 atom stereocenters. The molecule has 21 heavy (non-hydrogen) atoms. The van der Waals surface area contributed by atoms with E-state index in [0.717, 1.165) is 6.54 Å². The normalized spacial score (nSPS) is 20.5. The summed E-state index contributed by atoms with van der Waals surface area (Å²) in [6, 6.07) is 3.01. The van der Waals surface area contributed by atoms with Crippen LogP contribution in [-0.4, -0.2) is 6.54 Å². The van der Waals surface area contributed by atoms with Crippen LogP contribution in [0.25, 0.3) is 0 Å². The van der Waals surface area contributed by atoms with E-state index in [2.05, 4.69) is 35.7 Å². The highest BCUT2D eigenvalue weighted by atomic mass is 32.1. The number of allylic oxidation sites excluding steroid dienone is 1. The summed E-state index contributed by atoms with van der Waals surface area (Å²) in [4.78, 5) is 3.25. The molecule has 0 radical (unpaired) electrons. The lowest BCUT2D eigenvalue weighted by Crippen LogP contribution is -2.23. The number of aryl methyl sites for hydroxylation is 2. The topological polar surface area (TPSA) is 12.0 Å². The van der Waals surface area contributed by atoms with E-state index in [9.17, 15) is 0 Å². The fourth-order valence-electron chi connectivity index (χ4n) is 3.68. The van der Waals surface area contributed by atoms with Crippen molar-refractivity contribution >= 4 is 11.3 Å². The van der Waals surface area contributed by atoms with Crippen LogP contribution in [0.2, 0.25) is 0 Å². The SMILES string of the molecule is CCCNC(C1=CCCCCCC1)c1cc2c(s1)CCC2. The number of hydrogen-bond donors (Lipinski definition) is 1. The van der Waals surface area contributed by atoms with Crippen LogP contribution in [0.3, 0.4) is 0 Å². The first-order valence-electron chi connectivity index (χ1n) is 8.92. The summed E-state index contributed by atoms with van der Waals surface area (Å²) in [5, 5.41) is 3.83. The monoisotopic (exact) mass is 303 g/mol. The van der Waals surface area contributed by atoms with E-state index in [0.29, 0.717) is 6.04 Å². The van der Waals surface area contributed by atoms with Crippen LogP contribution in [0.15, 0.2) is 17.7 Å². The van der Waals surface area contributed by atoms with Gasteiger partial charge in [0.15, 0.2) is 0 Å². The van der Waals surface area contributed by atoms with Gasteiger partial charge in [0.05, 0.1) is 6.04 Å². The van der Waals surface area contributed by atoms with Gasteiger partial charge in [-0.15, -0.1) is 11.3 Å². The van der Waals surface area contributed by atoms with Crippen LogP contribution >= 0.6 is 11.3 Å². The third kappa shape index (κ3) is 3.78. The fraction of sp³-hybridized carbons (Fsp3) is 0.684. The van der Waals surface area contributed by atoms with E-state index in [1.807, 2.05) is 0 Å². The Hall–Kier alpha value is -0.600. The average Bonchev–Trinajstić information content (AvgIpc) is 3.02. The summed E-state index contributed by atoms with van der Waals surface area (Å²) in [6.45, 7) is 3.40. The molecular formula is C19H29NS. The lowest BCUT2D eigenvalue weighted by molar-refractivity contribution is 0.545. The van der Waals surface area contributed by atoms with E-state index in [1.54, 1.807) is 20.9 Å². The van der Waals surface area contributed by atoms with Gasteiger partial charge in [0, 0.05) is 9.75 Å². The molecule has 1 aromatic heterocycles. The van der Waals surface area contributed by atoms with Crippen molar-refractivity contribution in [1.29, 1.82) is 0 Å². The van der Waals surface area contributed by atoms with Crippen molar-refractivity contribution in [3.8, 4) is 0 Å². The van der Waals surface area contributed by atoms with E-state index in [-0.39, 0.29) is 0 Å². The minimum Gasteiger partial charge on any atom is -0.306 e. The van der Waals surface area contributed by atoms with Crippen molar-refractivity contribution in [3.05, 3.63) is 33.0 Å². The summed E-state index contributed by atoms with van der Waals surface area (Å²) < 4.78 is 0. The summed E-state index contributed by atoms with van der Waals surface area (Å²) in [7, 11) is 0. The maximum atomic E-state index is 3.83. The Morgan fingerprint density at radius 3 is 2.86 bits per heavy atom. The van der Waals surface area contributed by atoms with Crippen molar-refractivity contribution < 1.29 is 0 Å². The average molecular weight is 304 g/mol. The molecular weight excluding hydrogens is 274 g/mol. The van der Waals surface area contributed by atoms with Crippen molar-refractivity contribution in [2.24, 2.45) is 0 Å². The molecule has 0 spiro atoms. The van der Waals surface area contributed by atoms with Gasteiger partial charge < -0.3 is 5.32 Å². The maximum absolute atomic E-state index is 3.83. The van der Waals surface area contributed by atoms with Crippen LogP contribution in [-0.2, 0) is 12.8 Å². The number of fused-ring (bicyclic) bond motifs is 1. The second-order valence-corrected chi connectivity index (χ2v) is 7.74. The first kappa shape index (κ1) is 15.3. The second kappa shape index (κ2) is 7.60. The van der Waals surface area contributed by atoms with Crippen molar-refractivity contribution in [3.63, 3.8) is 0 Å². The molecule has 1 unspecified atom stereocenters. The molecule has 0 aromatic carbocycles. The Labute approximate surface area is 133 Å². The number of nitrogens with one attached hydrogen (secondary N) is 1. The van der Waals surface area contributed by atoms with E-state index in [4.69, 9.17) is 0 Å². The van der Waals surface area contributed by atoms with Crippen LogP contribution in [0.5, 0.6) is 0 Å². The van der Waals surface area contributed by atoms with Gasteiger partial charge in [-0.05, 0) is 69.5 Å². The second-order valence-electron chi connectivity index (χ2n) is 6.57. The molecule has 1 heterocycles. The van der Waals surface area contributed by atoms with Gasteiger partial charge in [-0.1, -0.05) is 31.4 Å². The Kier molecular flexibility index (Phi) is 5.54. The molecule has 0 fully saturated rings. The highest BCUT2D eigenvalue weighted by molar-refractivity contribution is 7.12. The third-order valence-corrected chi connectivity index (χ3v) is 6.15. The standard InChI is InChI=1S/C19H29NS/c1-2-13-20-19(15-9-6-4-3-5-7-10-15)18-14-16-11-8-12-17(16)21-18/h9,14,19-20H,2-8,10-13H2,1H3. The number of rotatable bonds is 5. The molecule has 0 saturated carbocycles. The summed E-state index contributed by atoms with van der Waals surface area (Å²) in [5.74, 6) is 0. The van der Waals surface area contributed by atoms with Crippen molar-refractivity contribution in [2.45, 2.75) is 77.2 Å². The first-order chi connectivity index (χ1) is 10.4. The van der Waals surface area contributed by atoms with Gasteiger partial charge >= 0.3 is 0 Å². The van der Waals surface area contributed by atoms with Crippen molar-refractivity contribution in [2.75, 3.05) is 6.54 Å². The van der Waals surface area contributed by atoms with Crippen LogP contribution < -0.4 is 5.32 Å². The van der Waals surface area contributed by atoms with Gasteiger partial charge in [-0.3, -0.25) is 0 Å².